The molecule has 0 aliphatic heterocycles. The quantitative estimate of drug-likeness (QED) is 0.652. The molecule has 1 aliphatic carbocycles. The number of fused-ring (bicyclic) bond motifs is 1. The van der Waals surface area contributed by atoms with Crippen LogP contribution >= 0.6 is 11.3 Å². The van der Waals surface area contributed by atoms with Gasteiger partial charge in [0, 0.05) is 18.7 Å². The van der Waals surface area contributed by atoms with Gasteiger partial charge in [0.05, 0.1) is 20.1 Å². The third-order valence-electron chi connectivity index (χ3n) is 3.57. The maximum atomic E-state index is 11.2. The first-order valence-corrected chi connectivity index (χ1v) is 7.41. The maximum absolute atomic E-state index is 11.2. The standard InChI is InChI=1S/C13H16N4O2S/c1-7-16-11-4-10(15-6-9(14)8-2-3-8)12(17(18)19)5-13(11)20-7/h4-5,8-9,15H,2-3,6,14H2,1H3. The van der Waals surface area contributed by atoms with Crippen molar-refractivity contribution in [3.63, 3.8) is 0 Å². The summed E-state index contributed by atoms with van der Waals surface area (Å²) in [5.74, 6) is 0.562. The molecule has 1 aromatic heterocycles. The van der Waals surface area contributed by atoms with Gasteiger partial charge in [-0.25, -0.2) is 4.98 Å². The highest BCUT2D eigenvalue weighted by atomic mass is 32.1. The molecule has 0 amide bonds. The molecule has 1 aliphatic rings. The molecule has 3 N–H and O–H groups in total. The molecule has 1 aromatic carbocycles. The minimum Gasteiger partial charge on any atom is -0.378 e. The lowest BCUT2D eigenvalue weighted by atomic mass is 10.2. The molecule has 0 radical (unpaired) electrons. The van der Waals surface area contributed by atoms with Crippen LogP contribution in [0.2, 0.25) is 0 Å². The number of nitrogens with two attached hydrogens (primary N) is 1. The molecule has 1 atom stereocenters. The zero-order valence-electron chi connectivity index (χ0n) is 11.1. The average molecular weight is 292 g/mol. The van der Waals surface area contributed by atoms with Crippen LogP contribution in [-0.4, -0.2) is 22.5 Å². The van der Waals surface area contributed by atoms with Crippen molar-refractivity contribution in [3.05, 3.63) is 27.3 Å². The van der Waals surface area contributed by atoms with Gasteiger partial charge in [-0.15, -0.1) is 11.3 Å². The highest BCUT2D eigenvalue weighted by molar-refractivity contribution is 7.18. The topological polar surface area (TPSA) is 94.1 Å². The minimum atomic E-state index is -0.362. The fraction of sp³-hybridized carbons (Fsp3) is 0.462. The summed E-state index contributed by atoms with van der Waals surface area (Å²) in [6.07, 6.45) is 2.32. The first-order chi connectivity index (χ1) is 9.54. The normalized spacial score (nSPS) is 16.3. The molecule has 6 nitrogen and oxygen atoms in total. The van der Waals surface area contributed by atoms with Crippen LogP contribution in [-0.2, 0) is 0 Å². The van der Waals surface area contributed by atoms with Gasteiger partial charge in [-0.05, 0) is 31.7 Å². The first kappa shape index (κ1) is 13.3. The van der Waals surface area contributed by atoms with Gasteiger partial charge in [0.25, 0.3) is 5.69 Å². The van der Waals surface area contributed by atoms with Gasteiger partial charge < -0.3 is 11.1 Å². The molecule has 2 aromatic rings. The monoisotopic (exact) mass is 292 g/mol. The van der Waals surface area contributed by atoms with Crippen LogP contribution in [0, 0.1) is 23.0 Å². The second kappa shape index (κ2) is 4.99. The Balaban J connectivity index is 1.89. The summed E-state index contributed by atoms with van der Waals surface area (Å²) in [6, 6.07) is 3.39. The van der Waals surface area contributed by atoms with Crippen LogP contribution in [0.25, 0.3) is 10.2 Å². The summed E-state index contributed by atoms with van der Waals surface area (Å²) < 4.78 is 0.839. The van der Waals surface area contributed by atoms with Crippen LogP contribution in [0.15, 0.2) is 12.1 Å². The third-order valence-corrected chi connectivity index (χ3v) is 4.50. The Labute approximate surface area is 120 Å². The van der Waals surface area contributed by atoms with Crippen molar-refractivity contribution >= 4 is 32.9 Å². The molecule has 0 spiro atoms. The number of nitro benzene ring substituents is 1. The number of anilines is 1. The molecule has 20 heavy (non-hydrogen) atoms. The number of benzene rings is 1. The van der Waals surface area contributed by atoms with Crippen LogP contribution in [0.1, 0.15) is 17.8 Å². The second-order valence-corrected chi connectivity index (χ2v) is 6.44. The maximum Gasteiger partial charge on any atom is 0.293 e. The molecule has 106 valence electrons. The van der Waals surface area contributed by atoms with Crippen molar-refractivity contribution in [3.8, 4) is 0 Å². The van der Waals surface area contributed by atoms with E-state index in [0.717, 1.165) is 28.1 Å². The van der Waals surface area contributed by atoms with Crippen molar-refractivity contribution in [1.82, 2.24) is 4.98 Å². The van der Waals surface area contributed by atoms with Gasteiger partial charge in [-0.1, -0.05) is 0 Å². The van der Waals surface area contributed by atoms with E-state index in [2.05, 4.69) is 10.3 Å². The Morgan fingerprint density at radius 3 is 3.00 bits per heavy atom. The van der Waals surface area contributed by atoms with Gasteiger partial charge >= 0.3 is 0 Å². The third kappa shape index (κ3) is 2.59. The Bertz CT molecular complexity index is 666. The van der Waals surface area contributed by atoms with E-state index in [0.29, 0.717) is 18.2 Å². The number of aromatic nitrogens is 1. The number of rotatable bonds is 5. The number of nitrogens with one attached hydrogen (secondary N) is 1. The summed E-state index contributed by atoms with van der Waals surface area (Å²) in [7, 11) is 0. The highest BCUT2D eigenvalue weighted by Crippen LogP contribution is 2.34. The summed E-state index contributed by atoms with van der Waals surface area (Å²) in [4.78, 5) is 15.2. The molecule has 7 heteroatoms. The van der Waals surface area contributed by atoms with E-state index in [9.17, 15) is 10.1 Å². The molecule has 1 heterocycles. The van der Waals surface area contributed by atoms with Crippen molar-refractivity contribution in [1.29, 1.82) is 0 Å². The predicted molar refractivity (Wildman–Crippen MR) is 80.2 cm³/mol. The molecular weight excluding hydrogens is 276 g/mol. The number of hydrogen-bond acceptors (Lipinski definition) is 6. The molecule has 1 fully saturated rings. The number of thiazole rings is 1. The number of hydrogen-bond donors (Lipinski definition) is 2. The summed E-state index contributed by atoms with van der Waals surface area (Å²) in [5.41, 5.74) is 7.41. The molecule has 3 rings (SSSR count). The lowest BCUT2D eigenvalue weighted by Gasteiger charge is -2.12. The molecule has 0 bridgehead atoms. The fourth-order valence-electron chi connectivity index (χ4n) is 2.29. The Kier molecular flexibility index (Phi) is 3.31. The van der Waals surface area contributed by atoms with Crippen LogP contribution in [0.3, 0.4) is 0 Å². The smallest absolute Gasteiger partial charge is 0.293 e. The lowest BCUT2D eigenvalue weighted by Crippen LogP contribution is -2.31. The van der Waals surface area contributed by atoms with E-state index in [1.165, 1.54) is 11.3 Å². The summed E-state index contributed by atoms with van der Waals surface area (Å²) in [6.45, 7) is 2.45. The summed E-state index contributed by atoms with van der Waals surface area (Å²) in [5, 5.41) is 15.2. The number of nitrogens with zero attached hydrogens (tertiary/aromatic N) is 2. The van der Waals surface area contributed by atoms with Crippen molar-refractivity contribution in [2.45, 2.75) is 25.8 Å². The van der Waals surface area contributed by atoms with E-state index in [-0.39, 0.29) is 16.7 Å². The lowest BCUT2D eigenvalue weighted by molar-refractivity contribution is -0.383. The highest BCUT2D eigenvalue weighted by Gasteiger charge is 2.28. The van der Waals surface area contributed by atoms with E-state index in [1.807, 2.05) is 6.92 Å². The Morgan fingerprint density at radius 2 is 2.35 bits per heavy atom. The number of nitro groups is 1. The molecule has 0 saturated heterocycles. The van der Waals surface area contributed by atoms with Gasteiger partial charge in [-0.3, -0.25) is 10.1 Å². The van der Waals surface area contributed by atoms with Crippen molar-refractivity contribution < 1.29 is 4.92 Å². The SMILES string of the molecule is Cc1nc2cc(NCC(N)C3CC3)c([N+](=O)[O-])cc2s1. The molecular formula is C13H16N4O2S. The number of aryl methyl sites for hydroxylation is 1. The Morgan fingerprint density at radius 1 is 1.60 bits per heavy atom. The largest absolute Gasteiger partial charge is 0.378 e. The van der Waals surface area contributed by atoms with Crippen LogP contribution in [0.5, 0.6) is 0 Å². The Hall–Kier alpha value is -1.73. The van der Waals surface area contributed by atoms with E-state index < -0.39 is 0 Å². The van der Waals surface area contributed by atoms with Crippen LogP contribution < -0.4 is 11.1 Å². The van der Waals surface area contributed by atoms with Crippen molar-refractivity contribution in [2.24, 2.45) is 11.7 Å². The van der Waals surface area contributed by atoms with Crippen molar-refractivity contribution in [2.75, 3.05) is 11.9 Å². The van der Waals surface area contributed by atoms with Gasteiger partial charge in [0.15, 0.2) is 0 Å². The predicted octanol–water partition coefficient (Wildman–Crippen LogP) is 2.66. The second-order valence-electron chi connectivity index (χ2n) is 5.21. The van der Waals surface area contributed by atoms with Gasteiger partial charge in [-0.2, -0.15) is 0 Å². The fourth-order valence-corrected chi connectivity index (χ4v) is 3.13. The van der Waals surface area contributed by atoms with E-state index in [1.54, 1.807) is 12.1 Å². The summed E-state index contributed by atoms with van der Waals surface area (Å²) >= 11 is 1.46. The molecule has 1 unspecified atom stereocenters. The van der Waals surface area contributed by atoms with Crippen LogP contribution in [0.4, 0.5) is 11.4 Å². The zero-order valence-corrected chi connectivity index (χ0v) is 11.9. The van der Waals surface area contributed by atoms with Gasteiger partial charge in [0.2, 0.25) is 0 Å². The zero-order chi connectivity index (χ0) is 14.3. The van der Waals surface area contributed by atoms with Gasteiger partial charge in [0.1, 0.15) is 5.69 Å². The first-order valence-electron chi connectivity index (χ1n) is 6.59. The molecule has 1 saturated carbocycles. The minimum absolute atomic E-state index is 0.0578. The van der Waals surface area contributed by atoms with E-state index >= 15 is 0 Å². The average Bonchev–Trinajstić information content (AvgIpc) is 3.17. The van der Waals surface area contributed by atoms with E-state index in [4.69, 9.17) is 5.73 Å².